The van der Waals surface area contributed by atoms with Gasteiger partial charge in [0.1, 0.15) is 0 Å². The first-order valence-corrected chi connectivity index (χ1v) is 4.83. The Bertz CT molecular complexity index is 173. The monoisotopic (exact) mass is 186 g/mol. The third kappa shape index (κ3) is 2.97. The molecule has 1 amide bonds. The molecule has 0 saturated carbocycles. The van der Waals surface area contributed by atoms with Gasteiger partial charge in [0.25, 0.3) is 0 Å². The van der Waals surface area contributed by atoms with E-state index in [4.69, 9.17) is 10.5 Å². The molecule has 1 unspecified atom stereocenters. The van der Waals surface area contributed by atoms with E-state index in [0.29, 0.717) is 26.2 Å². The fourth-order valence-electron chi connectivity index (χ4n) is 1.50. The van der Waals surface area contributed by atoms with E-state index in [1.54, 1.807) is 0 Å². The quantitative estimate of drug-likeness (QED) is 0.673. The summed E-state index contributed by atoms with van der Waals surface area (Å²) in [5, 5.41) is 0. The van der Waals surface area contributed by atoms with Gasteiger partial charge in [-0.25, -0.2) is 0 Å². The summed E-state index contributed by atoms with van der Waals surface area (Å²) in [6.45, 7) is 4.62. The fourth-order valence-corrected chi connectivity index (χ4v) is 1.50. The summed E-state index contributed by atoms with van der Waals surface area (Å²) >= 11 is 0. The van der Waals surface area contributed by atoms with Crippen molar-refractivity contribution in [2.24, 2.45) is 5.73 Å². The predicted octanol–water partition coefficient (Wildman–Crippen LogP) is -0.0274. The fraction of sp³-hybridized carbons (Fsp3) is 0.889. The molecule has 0 bridgehead atoms. The summed E-state index contributed by atoms with van der Waals surface area (Å²) in [6.07, 6.45) is 1.38. The zero-order valence-electron chi connectivity index (χ0n) is 8.16. The zero-order chi connectivity index (χ0) is 9.68. The molecule has 4 heteroatoms. The Morgan fingerprint density at radius 2 is 2.46 bits per heavy atom. The van der Waals surface area contributed by atoms with Gasteiger partial charge in [-0.3, -0.25) is 4.79 Å². The van der Waals surface area contributed by atoms with Gasteiger partial charge < -0.3 is 15.4 Å². The van der Waals surface area contributed by atoms with Gasteiger partial charge >= 0.3 is 0 Å². The zero-order valence-corrected chi connectivity index (χ0v) is 8.16. The minimum absolute atomic E-state index is 0.193. The highest BCUT2D eigenvalue weighted by Crippen LogP contribution is 2.08. The van der Waals surface area contributed by atoms with Gasteiger partial charge in [0.05, 0.1) is 25.7 Å². The lowest BCUT2D eigenvalue weighted by molar-refractivity contribution is -0.132. The van der Waals surface area contributed by atoms with Gasteiger partial charge in [-0.15, -0.1) is 0 Å². The summed E-state index contributed by atoms with van der Waals surface area (Å²) in [5.41, 5.74) is 5.41. The van der Waals surface area contributed by atoms with Gasteiger partial charge in [-0.2, -0.15) is 0 Å². The lowest BCUT2D eigenvalue weighted by Gasteiger charge is -2.26. The van der Waals surface area contributed by atoms with E-state index in [0.717, 1.165) is 13.0 Å². The Balaban J connectivity index is 2.48. The van der Waals surface area contributed by atoms with Crippen LogP contribution in [0.1, 0.15) is 19.8 Å². The molecule has 1 rings (SSSR count). The summed E-state index contributed by atoms with van der Waals surface area (Å²) in [7, 11) is 0. The van der Waals surface area contributed by atoms with E-state index in [1.165, 1.54) is 0 Å². The molecule has 0 aromatic rings. The Morgan fingerprint density at radius 1 is 1.69 bits per heavy atom. The first-order chi connectivity index (χ1) is 6.25. The average Bonchev–Trinajstić information content (AvgIpc) is 2.26. The van der Waals surface area contributed by atoms with Gasteiger partial charge in [-0.1, -0.05) is 0 Å². The van der Waals surface area contributed by atoms with Crippen molar-refractivity contribution in [3.63, 3.8) is 0 Å². The third-order valence-electron chi connectivity index (χ3n) is 2.27. The summed E-state index contributed by atoms with van der Waals surface area (Å²) in [6, 6.07) is 0.196. The molecule has 0 aromatic carbocycles. The molecular weight excluding hydrogens is 168 g/mol. The topological polar surface area (TPSA) is 55.6 Å². The lowest BCUT2D eigenvalue weighted by atomic mass is 10.2. The highest BCUT2D eigenvalue weighted by molar-refractivity contribution is 5.76. The second-order valence-electron chi connectivity index (χ2n) is 3.40. The number of carbonyl (C=O) groups excluding carboxylic acids is 1. The first-order valence-electron chi connectivity index (χ1n) is 4.83. The van der Waals surface area contributed by atoms with Crippen LogP contribution in [0.4, 0.5) is 0 Å². The first kappa shape index (κ1) is 10.5. The average molecular weight is 186 g/mol. The van der Waals surface area contributed by atoms with Crippen LogP contribution < -0.4 is 5.73 Å². The van der Waals surface area contributed by atoms with Crippen molar-refractivity contribution in [1.29, 1.82) is 0 Å². The van der Waals surface area contributed by atoms with Crippen LogP contribution in [-0.2, 0) is 9.53 Å². The SMILES string of the molecule is CC1COCCC(=O)N1CCCN. The van der Waals surface area contributed by atoms with Crippen LogP contribution >= 0.6 is 0 Å². The van der Waals surface area contributed by atoms with Gasteiger partial charge in [-0.05, 0) is 19.9 Å². The highest BCUT2D eigenvalue weighted by Gasteiger charge is 2.22. The highest BCUT2D eigenvalue weighted by atomic mass is 16.5. The Hall–Kier alpha value is -0.610. The number of nitrogens with two attached hydrogens (primary N) is 1. The maximum atomic E-state index is 11.5. The smallest absolute Gasteiger partial charge is 0.225 e. The van der Waals surface area contributed by atoms with E-state index in [2.05, 4.69) is 0 Å². The van der Waals surface area contributed by atoms with Crippen LogP contribution in [0.3, 0.4) is 0 Å². The molecule has 76 valence electrons. The number of hydrogen-bond donors (Lipinski definition) is 1. The number of amides is 1. The number of ether oxygens (including phenoxy) is 1. The van der Waals surface area contributed by atoms with Gasteiger partial charge in [0, 0.05) is 6.54 Å². The minimum Gasteiger partial charge on any atom is -0.379 e. The number of nitrogens with zero attached hydrogens (tertiary/aromatic N) is 1. The summed E-state index contributed by atoms with van der Waals surface area (Å²) in [5.74, 6) is 0.193. The van der Waals surface area contributed by atoms with Crippen LogP contribution in [0.2, 0.25) is 0 Å². The summed E-state index contributed by atoms with van der Waals surface area (Å²) in [4.78, 5) is 13.4. The number of rotatable bonds is 3. The van der Waals surface area contributed by atoms with Crippen LogP contribution in [0.25, 0.3) is 0 Å². The molecule has 0 aromatic heterocycles. The third-order valence-corrected chi connectivity index (χ3v) is 2.27. The molecule has 1 saturated heterocycles. The van der Waals surface area contributed by atoms with E-state index in [-0.39, 0.29) is 11.9 Å². The van der Waals surface area contributed by atoms with Crippen molar-refractivity contribution in [3.05, 3.63) is 0 Å². The molecule has 2 N–H and O–H groups in total. The maximum Gasteiger partial charge on any atom is 0.225 e. The molecule has 0 radical (unpaired) electrons. The molecule has 1 fully saturated rings. The molecule has 1 aliphatic heterocycles. The molecule has 13 heavy (non-hydrogen) atoms. The van der Waals surface area contributed by atoms with Crippen molar-refractivity contribution >= 4 is 5.91 Å². The Labute approximate surface area is 79.0 Å². The van der Waals surface area contributed by atoms with Crippen molar-refractivity contribution in [2.75, 3.05) is 26.3 Å². The molecule has 1 atom stereocenters. The second-order valence-corrected chi connectivity index (χ2v) is 3.40. The van der Waals surface area contributed by atoms with E-state index in [9.17, 15) is 4.79 Å². The predicted molar refractivity (Wildman–Crippen MR) is 50.3 cm³/mol. The van der Waals surface area contributed by atoms with Crippen molar-refractivity contribution in [2.45, 2.75) is 25.8 Å². The Kier molecular flexibility index (Phi) is 4.18. The van der Waals surface area contributed by atoms with Crippen molar-refractivity contribution in [3.8, 4) is 0 Å². The molecule has 1 heterocycles. The number of carbonyl (C=O) groups is 1. The standard InChI is InChI=1S/C9H18N2O2/c1-8-7-13-6-3-9(12)11(8)5-2-4-10/h8H,2-7,10H2,1H3. The molecule has 0 aliphatic carbocycles. The minimum atomic E-state index is 0.193. The van der Waals surface area contributed by atoms with Gasteiger partial charge in [0.2, 0.25) is 5.91 Å². The molecule has 0 spiro atoms. The molecular formula is C9H18N2O2. The van der Waals surface area contributed by atoms with Crippen LogP contribution in [0, 0.1) is 0 Å². The largest absolute Gasteiger partial charge is 0.379 e. The van der Waals surface area contributed by atoms with E-state index < -0.39 is 0 Å². The van der Waals surface area contributed by atoms with Crippen LogP contribution in [0.15, 0.2) is 0 Å². The van der Waals surface area contributed by atoms with E-state index >= 15 is 0 Å². The van der Waals surface area contributed by atoms with Gasteiger partial charge in [0.15, 0.2) is 0 Å². The Morgan fingerprint density at radius 3 is 3.15 bits per heavy atom. The van der Waals surface area contributed by atoms with E-state index in [1.807, 2.05) is 11.8 Å². The number of hydrogen-bond acceptors (Lipinski definition) is 3. The van der Waals surface area contributed by atoms with Crippen LogP contribution in [-0.4, -0.2) is 43.2 Å². The van der Waals surface area contributed by atoms with Crippen molar-refractivity contribution < 1.29 is 9.53 Å². The van der Waals surface area contributed by atoms with Crippen LogP contribution in [0.5, 0.6) is 0 Å². The summed E-state index contributed by atoms with van der Waals surface area (Å²) < 4.78 is 5.29. The molecule has 4 nitrogen and oxygen atoms in total. The maximum absolute atomic E-state index is 11.5. The normalized spacial score (nSPS) is 24.6. The molecule has 1 aliphatic rings. The second kappa shape index (κ2) is 5.19. The lowest BCUT2D eigenvalue weighted by Crippen LogP contribution is -2.40. The van der Waals surface area contributed by atoms with Crippen molar-refractivity contribution in [1.82, 2.24) is 4.90 Å².